The molecule has 25 heavy (non-hydrogen) atoms. The van der Waals surface area contributed by atoms with E-state index >= 15 is 0 Å². The average molecular weight is 343 g/mol. The number of hydrogen-bond donors (Lipinski definition) is 2. The largest absolute Gasteiger partial charge is 0.392 e. The van der Waals surface area contributed by atoms with Gasteiger partial charge in [0.05, 0.1) is 6.61 Å². The molecule has 130 valence electrons. The van der Waals surface area contributed by atoms with Crippen molar-refractivity contribution in [2.24, 2.45) is 0 Å². The summed E-state index contributed by atoms with van der Waals surface area (Å²) in [5, 5.41) is 11.9. The minimum atomic E-state index is -0.890. The average Bonchev–Trinajstić information content (AvgIpc) is 2.60. The zero-order valence-corrected chi connectivity index (χ0v) is 13.9. The molecule has 3 nitrogen and oxygen atoms in total. The predicted molar refractivity (Wildman–Crippen MR) is 93.4 cm³/mol. The second kappa shape index (κ2) is 7.15. The van der Waals surface area contributed by atoms with E-state index in [2.05, 4.69) is 5.32 Å². The summed E-state index contributed by atoms with van der Waals surface area (Å²) >= 11 is 0. The Morgan fingerprint density at radius 3 is 2.56 bits per heavy atom. The molecule has 0 saturated heterocycles. The summed E-state index contributed by atoms with van der Waals surface area (Å²) in [5.41, 5.74) is 4.09. The van der Waals surface area contributed by atoms with Crippen molar-refractivity contribution in [2.45, 2.75) is 26.2 Å². The molecule has 0 aromatic heterocycles. The standard InChI is InChI=1S/C20H19F2NO2/c1-12(11-24)15-5-2-4-13-10-14(8-9-16(13)15)23-20(25)19-17(21)6-3-7-18(19)22/h3,6-10,24H,2,4-5,11H2,1H3,(H,23,25)/b15-12+. The molecule has 2 aromatic rings. The van der Waals surface area contributed by atoms with Crippen molar-refractivity contribution in [3.05, 3.63) is 70.3 Å². The van der Waals surface area contributed by atoms with Crippen molar-refractivity contribution in [1.29, 1.82) is 0 Å². The van der Waals surface area contributed by atoms with Crippen LogP contribution >= 0.6 is 0 Å². The van der Waals surface area contributed by atoms with Crippen LogP contribution in [0.4, 0.5) is 14.5 Å². The molecule has 1 aliphatic rings. The van der Waals surface area contributed by atoms with E-state index in [1.165, 1.54) is 6.07 Å². The van der Waals surface area contributed by atoms with Gasteiger partial charge in [-0.1, -0.05) is 12.1 Å². The highest BCUT2D eigenvalue weighted by Gasteiger charge is 2.19. The van der Waals surface area contributed by atoms with Crippen molar-refractivity contribution < 1.29 is 18.7 Å². The minimum absolute atomic E-state index is 0.0137. The molecule has 0 unspecified atom stereocenters. The maximum Gasteiger partial charge on any atom is 0.261 e. The number of carbonyl (C=O) groups is 1. The molecule has 0 radical (unpaired) electrons. The first kappa shape index (κ1) is 17.3. The summed E-state index contributed by atoms with van der Waals surface area (Å²) in [6, 6.07) is 8.76. The normalized spacial score (nSPS) is 15.5. The lowest BCUT2D eigenvalue weighted by Gasteiger charge is -2.22. The lowest BCUT2D eigenvalue weighted by Crippen LogP contribution is -2.16. The van der Waals surface area contributed by atoms with Crippen LogP contribution in [0.3, 0.4) is 0 Å². The summed E-state index contributed by atoms with van der Waals surface area (Å²) < 4.78 is 27.5. The fraction of sp³-hybridized carbons (Fsp3) is 0.250. The maximum atomic E-state index is 13.7. The van der Waals surface area contributed by atoms with Crippen LogP contribution in [-0.4, -0.2) is 17.6 Å². The van der Waals surface area contributed by atoms with Crippen LogP contribution in [0.5, 0.6) is 0 Å². The van der Waals surface area contributed by atoms with Crippen molar-refractivity contribution >= 4 is 17.2 Å². The second-order valence-electron chi connectivity index (χ2n) is 6.19. The van der Waals surface area contributed by atoms with Crippen molar-refractivity contribution in [2.75, 3.05) is 11.9 Å². The molecule has 1 aliphatic carbocycles. The van der Waals surface area contributed by atoms with Gasteiger partial charge in [-0.3, -0.25) is 4.79 Å². The minimum Gasteiger partial charge on any atom is -0.392 e. The Hall–Kier alpha value is -2.53. The second-order valence-corrected chi connectivity index (χ2v) is 6.19. The fourth-order valence-corrected chi connectivity index (χ4v) is 3.21. The van der Waals surface area contributed by atoms with Crippen LogP contribution in [0, 0.1) is 11.6 Å². The van der Waals surface area contributed by atoms with E-state index in [9.17, 15) is 18.7 Å². The summed E-state index contributed by atoms with van der Waals surface area (Å²) in [6.07, 6.45) is 2.72. The number of allylic oxidation sites excluding steroid dienone is 1. The Kier molecular flexibility index (Phi) is 4.95. The van der Waals surface area contributed by atoms with E-state index in [0.717, 1.165) is 53.7 Å². The number of carbonyl (C=O) groups excluding carboxylic acids is 1. The zero-order valence-electron chi connectivity index (χ0n) is 13.9. The van der Waals surface area contributed by atoms with E-state index in [-0.39, 0.29) is 6.61 Å². The summed E-state index contributed by atoms with van der Waals surface area (Å²) in [5.74, 6) is -2.59. The zero-order chi connectivity index (χ0) is 18.0. The fourth-order valence-electron chi connectivity index (χ4n) is 3.21. The maximum absolute atomic E-state index is 13.7. The van der Waals surface area contributed by atoms with Gasteiger partial charge in [-0.2, -0.15) is 0 Å². The van der Waals surface area contributed by atoms with Crippen LogP contribution in [0.1, 0.15) is 41.3 Å². The lowest BCUT2D eigenvalue weighted by molar-refractivity contribution is 0.101. The van der Waals surface area contributed by atoms with Crippen LogP contribution in [0.15, 0.2) is 42.0 Å². The van der Waals surface area contributed by atoms with E-state index in [0.29, 0.717) is 5.69 Å². The summed E-state index contributed by atoms with van der Waals surface area (Å²) in [6.45, 7) is 1.92. The first-order chi connectivity index (χ1) is 12.0. The number of rotatable bonds is 3. The van der Waals surface area contributed by atoms with E-state index in [1.807, 2.05) is 19.1 Å². The molecule has 2 aromatic carbocycles. The molecule has 0 atom stereocenters. The van der Waals surface area contributed by atoms with Gasteiger partial charge in [-0.25, -0.2) is 8.78 Å². The SMILES string of the molecule is C/C(CO)=C1/CCCc2cc(NC(=O)c3c(F)cccc3F)ccc21. The molecule has 1 amide bonds. The molecular weight excluding hydrogens is 324 g/mol. The summed E-state index contributed by atoms with van der Waals surface area (Å²) in [4.78, 5) is 12.2. The van der Waals surface area contributed by atoms with E-state index < -0.39 is 23.1 Å². The number of hydrogen-bond acceptors (Lipinski definition) is 2. The number of aliphatic hydroxyl groups is 1. The van der Waals surface area contributed by atoms with Gasteiger partial charge in [0.15, 0.2) is 0 Å². The molecule has 5 heteroatoms. The number of anilines is 1. The Morgan fingerprint density at radius 2 is 1.88 bits per heavy atom. The Balaban J connectivity index is 1.90. The molecule has 0 fully saturated rings. The predicted octanol–water partition coefficient (Wildman–Crippen LogP) is 4.32. The van der Waals surface area contributed by atoms with Gasteiger partial charge in [-0.05, 0) is 72.7 Å². The Morgan fingerprint density at radius 1 is 1.16 bits per heavy atom. The van der Waals surface area contributed by atoms with Gasteiger partial charge in [0.2, 0.25) is 0 Å². The third-order valence-electron chi connectivity index (χ3n) is 4.50. The van der Waals surface area contributed by atoms with Crippen molar-refractivity contribution in [3.63, 3.8) is 0 Å². The van der Waals surface area contributed by atoms with Gasteiger partial charge >= 0.3 is 0 Å². The number of amides is 1. The summed E-state index contributed by atoms with van der Waals surface area (Å²) in [7, 11) is 0. The Labute approximate surface area is 145 Å². The van der Waals surface area contributed by atoms with Gasteiger partial charge in [0.25, 0.3) is 5.91 Å². The molecule has 0 saturated carbocycles. The monoisotopic (exact) mass is 343 g/mol. The van der Waals surface area contributed by atoms with Crippen LogP contribution < -0.4 is 5.32 Å². The molecule has 0 spiro atoms. The van der Waals surface area contributed by atoms with Gasteiger partial charge in [0.1, 0.15) is 17.2 Å². The van der Waals surface area contributed by atoms with Gasteiger partial charge in [0, 0.05) is 5.69 Å². The molecule has 2 N–H and O–H groups in total. The number of aryl methyl sites for hydroxylation is 1. The molecular formula is C20H19F2NO2. The van der Waals surface area contributed by atoms with Crippen molar-refractivity contribution in [3.8, 4) is 0 Å². The highest BCUT2D eigenvalue weighted by atomic mass is 19.1. The lowest BCUT2D eigenvalue weighted by atomic mass is 9.85. The van der Waals surface area contributed by atoms with Crippen LogP contribution in [0.2, 0.25) is 0 Å². The van der Waals surface area contributed by atoms with Crippen LogP contribution in [0.25, 0.3) is 5.57 Å². The number of fused-ring (bicyclic) bond motifs is 1. The first-order valence-corrected chi connectivity index (χ1v) is 8.19. The number of benzene rings is 2. The highest BCUT2D eigenvalue weighted by Crippen LogP contribution is 2.34. The molecule has 0 bridgehead atoms. The number of nitrogens with one attached hydrogen (secondary N) is 1. The third-order valence-corrected chi connectivity index (χ3v) is 4.50. The quantitative estimate of drug-likeness (QED) is 0.872. The topological polar surface area (TPSA) is 49.3 Å². The van der Waals surface area contributed by atoms with Gasteiger partial charge in [-0.15, -0.1) is 0 Å². The van der Waals surface area contributed by atoms with Crippen molar-refractivity contribution in [1.82, 2.24) is 0 Å². The van der Waals surface area contributed by atoms with Crippen LogP contribution in [-0.2, 0) is 6.42 Å². The number of halogens is 2. The molecule has 0 heterocycles. The van der Waals surface area contributed by atoms with E-state index in [4.69, 9.17) is 0 Å². The highest BCUT2D eigenvalue weighted by molar-refractivity contribution is 6.04. The third kappa shape index (κ3) is 3.46. The molecule has 0 aliphatic heterocycles. The van der Waals surface area contributed by atoms with E-state index in [1.54, 1.807) is 6.07 Å². The first-order valence-electron chi connectivity index (χ1n) is 8.19. The molecule has 3 rings (SSSR count). The Bertz CT molecular complexity index is 839. The van der Waals surface area contributed by atoms with Gasteiger partial charge < -0.3 is 10.4 Å². The number of aliphatic hydroxyl groups excluding tert-OH is 1. The smallest absolute Gasteiger partial charge is 0.261 e.